The summed E-state index contributed by atoms with van der Waals surface area (Å²) < 4.78 is 5.03. The zero-order valence-electron chi connectivity index (χ0n) is 11.7. The van der Waals surface area contributed by atoms with Gasteiger partial charge in [0.25, 0.3) is 11.6 Å². The van der Waals surface area contributed by atoms with Crippen LogP contribution < -0.4 is 10.2 Å². The van der Waals surface area contributed by atoms with Gasteiger partial charge in [-0.15, -0.1) is 0 Å². The molecular weight excluding hydrogens is 286 g/mol. The van der Waals surface area contributed by atoms with Crippen LogP contribution in [0.4, 0.5) is 5.69 Å². The average Bonchev–Trinajstić information content (AvgIpc) is 2.55. The summed E-state index contributed by atoms with van der Waals surface area (Å²) in [6.45, 7) is 0. The van der Waals surface area contributed by atoms with Crippen LogP contribution in [0.5, 0.6) is 5.75 Å². The van der Waals surface area contributed by atoms with Crippen molar-refractivity contribution in [1.29, 1.82) is 0 Å². The van der Waals surface area contributed by atoms with E-state index < -0.39 is 10.8 Å². The number of hydrogen-bond donors (Lipinski definition) is 1. The Hall–Kier alpha value is -3.22. The largest absolute Gasteiger partial charge is 0.497 e. The number of methoxy groups -OCH3 is 1. The van der Waals surface area contributed by atoms with E-state index in [9.17, 15) is 14.9 Å². The lowest BCUT2D eigenvalue weighted by Gasteiger charge is -2.01. The maximum absolute atomic E-state index is 11.9. The van der Waals surface area contributed by atoms with Gasteiger partial charge in [0.2, 0.25) is 0 Å². The highest BCUT2D eigenvalue weighted by molar-refractivity contribution is 5.98. The van der Waals surface area contributed by atoms with E-state index in [4.69, 9.17) is 4.74 Å². The summed E-state index contributed by atoms with van der Waals surface area (Å²) in [5.74, 6) is 0.0677. The fourth-order valence-corrected chi connectivity index (χ4v) is 1.74. The van der Waals surface area contributed by atoms with Gasteiger partial charge in [0.15, 0.2) is 0 Å². The lowest BCUT2D eigenvalue weighted by Crippen LogP contribution is -2.18. The second-order valence-corrected chi connectivity index (χ2v) is 4.25. The zero-order valence-corrected chi connectivity index (χ0v) is 11.7. The van der Waals surface area contributed by atoms with Crippen molar-refractivity contribution in [3.63, 3.8) is 0 Å². The molecule has 0 bridgehead atoms. The van der Waals surface area contributed by atoms with Crippen LogP contribution in [0.3, 0.4) is 0 Å². The molecule has 0 radical (unpaired) electrons. The predicted octanol–water partition coefficient (Wildman–Crippen LogP) is 2.37. The monoisotopic (exact) mass is 299 g/mol. The van der Waals surface area contributed by atoms with Gasteiger partial charge in [0.05, 0.1) is 18.2 Å². The fraction of sp³-hybridized carbons (Fsp3) is 0.0667. The molecule has 0 spiro atoms. The molecule has 0 unspecified atom stereocenters. The molecule has 0 aliphatic rings. The summed E-state index contributed by atoms with van der Waals surface area (Å²) in [5, 5.41) is 14.6. The Balaban J connectivity index is 2.06. The number of hydrazone groups is 1. The number of ether oxygens (including phenoxy) is 1. The van der Waals surface area contributed by atoms with E-state index in [0.29, 0.717) is 5.75 Å². The Morgan fingerprint density at radius 1 is 1.23 bits per heavy atom. The first kappa shape index (κ1) is 15.2. The number of nitro groups is 1. The average molecular weight is 299 g/mol. The number of benzene rings is 2. The highest BCUT2D eigenvalue weighted by Gasteiger charge is 2.18. The van der Waals surface area contributed by atoms with Gasteiger partial charge in [0, 0.05) is 6.07 Å². The van der Waals surface area contributed by atoms with Crippen LogP contribution >= 0.6 is 0 Å². The van der Waals surface area contributed by atoms with Crippen molar-refractivity contribution in [2.75, 3.05) is 7.11 Å². The van der Waals surface area contributed by atoms with Gasteiger partial charge in [-0.05, 0) is 35.9 Å². The molecule has 1 amide bonds. The van der Waals surface area contributed by atoms with Crippen LogP contribution in [-0.4, -0.2) is 24.2 Å². The number of para-hydroxylation sites is 1. The Bertz CT molecular complexity index is 711. The Morgan fingerprint density at radius 3 is 2.55 bits per heavy atom. The number of amides is 1. The smallest absolute Gasteiger partial charge is 0.282 e. The Labute approximate surface area is 126 Å². The molecule has 0 saturated carbocycles. The first-order valence-corrected chi connectivity index (χ1v) is 6.32. The van der Waals surface area contributed by atoms with Crippen molar-refractivity contribution in [3.05, 3.63) is 69.8 Å². The van der Waals surface area contributed by atoms with Crippen LogP contribution in [-0.2, 0) is 0 Å². The van der Waals surface area contributed by atoms with Gasteiger partial charge in [-0.2, -0.15) is 5.10 Å². The van der Waals surface area contributed by atoms with E-state index >= 15 is 0 Å². The number of hydrogen-bond acceptors (Lipinski definition) is 5. The first-order chi connectivity index (χ1) is 10.6. The highest BCUT2D eigenvalue weighted by Crippen LogP contribution is 2.17. The van der Waals surface area contributed by atoms with E-state index in [1.165, 1.54) is 24.4 Å². The van der Waals surface area contributed by atoms with Gasteiger partial charge < -0.3 is 4.74 Å². The van der Waals surface area contributed by atoms with Crippen LogP contribution in [0.25, 0.3) is 0 Å². The second-order valence-electron chi connectivity index (χ2n) is 4.25. The molecule has 0 atom stereocenters. The molecule has 7 heteroatoms. The predicted molar refractivity (Wildman–Crippen MR) is 81.2 cm³/mol. The van der Waals surface area contributed by atoms with E-state index in [-0.39, 0.29) is 11.3 Å². The van der Waals surface area contributed by atoms with Crippen molar-refractivity contribution >= 4 is 17.8 Å². The van der Waals surface area contributed by atoms with Gasteiger partial charge in [0.1, 0.15) is 11.3 Å². The molecule has 0 aliphatic heterocycles. The standard InChI is InChI=1S/C15H13N3O4/c1-22-12-8-6-11(7-9-12)10-16-17-15(19)13-4-2-3-5-14(13)18(20)21/h2-10H,1H3,(H,17,19)/b16-10+. The first-order valence-electron chi connectivity index (χ1n) is 6.32. The molecule has 1 N–H and O–H groups in total. The lowest BCUT2D eigenvalue weighted by molar-refractivity contribution is -0.385. The third kappa shape index (κ3) is 3.66. The minimum atomic E-state index is -0.642. The summed E-state index contributed by atoms with van der Waals surface area (Å²) in [5.41, 5.74) is 2.71. The molecule has 2 aromatic carbocycles. The second kappa shape index (κ2) is 6.98. The van der Waals surface area contributed by atoms with Gasteiger partial charge in [-0.25, -0.2) is 5.43 Å². The molecular formula is C15H13N3O4. The minimum absolute atomic E-state index is 0.0422. The number of nitrogens with one attached hydrogen (secondary N) is 1. The summed E-state index contributed by atoms with van der Waals surface area (Å²) in [7, 11) is 1.57. The maximum Gasteiger partial charge on any atom is 0.282 e. The maximum atomic E-state index is 11.9. The van der Waals surface area contributed by atoms with Crippen LogP contribution in [0.1, 0.15) is 15.9 Å². The summed E-state index contributed by atoms with van der Waals surface area (Å²) in [4.78, 5) is 22.2. The molecule has 0 heterocycles. The van der Waals surface area contributed by atoms with E-state index in [0.717, 1.165) is 5.56 Å². The van der Waals surface area contributed by atoms with Gasteiger partial charge >= 0.3 is 0 Å². The van der Waals surface area contributed by atoms with E-state index in [1.54, 1.807) is 37.4 Å². The highest BCUT2D eigenvalue weighted by atomic mass is 16.6. The van der Waals surface area contributed by atoms with Crippen LogP contribution in [0.2, 0.25) is 0 Å². The zero-order chi connectivity index (χ0) is 15.9. The molecule has 0 fully saturated rings. The third-order valence-corrected chi connectivity index (χ3v) is 2.84. The van der Waals surface area contributed by atoms with Crippen molar-refractivity contribution in [1.82, 2.24) is 5.43 Å². The van der Waals surface area contributed by atoms with Crippen molar-refractivity contribution < 1.29 is 14.5 Å². The fourth-order valence-electron chi connectivity index (χ4n) is 1.74. The van der Waals surface area contributed by atoms with Gasteiger partial charge in [-0.1, -0.05) is 12.1 Å². The van der Waals surface area contributed by atoms with E-state index in [1.807, 2.05) is 0 Å². The topological polar surface area (TPSA) is 93.8 Å². The number of carbonyl (C=O) groups excluding carboxylic acids is 1. The molecule has 22 heavy (non-hydrogen) atoms. The Morgan fingerprint density at radius 2 is 1.91 bits per heavy atom. The molecule has 2 aromatic rings. The molecule has 2 rings (SSSR count). The third-order valence-electron chi connectivity index (χ3n) is 2.84. The number of nitro benzene ring substituents is 1. The number of carbonyl (C=O) groups is 1. The molecule has 0 aliphatic carbocycles. The molecule has 7 nitrogen and oxygen atoms in total. The molecule has 112 valence electrons. The summed E-state index contributed by atoms with van der Waals surface area (Å²) >= 11 is 0. The van der Waals surface area contributed by atoms with Crippen LogP contribution in [0.15, 0.2) is 53.6 Å². The number of nitrogens with zero attached hydrogens (tertiary/aromatic N) is 2. The molecule has 0 aromatic heterocycles. The molecule has 0 saturated heterocycles. The Kier molecular flexibility index (Phi) is 4.81. The SMILES string of the molecule is COc1ccc(/C=N/NC(=O)c2ccccc2[N+](=O)[O-])cc1. The van der Waals surface area contributed by atoms with Gasteiger partial charge in [-0.3, -0.25) is 14.9 Å². The van der Waals surface area contributed by atoms with E-state index in [2.05, 4.69) is 10.5 Å². The van der Waals surface area contributed by atoms with Crippen molar-refractivity contribution in [2.45, 2.75) is 0 Å². The quantitative estimate of drug-likeness (QED) is 0.521. The summed E-state index contributed by atoms with van der Waals surface area (Å²) in [6.07, 6.45) is 1.44. The normalized spacial score (nSPS) is 10.4. The number of rotatable bonds is 5. The minimum Gasteiger partial charge on any atom is -0.497 e. The van der Waals surface area contributed by atoms with Crippen molar-refractivity contribution in [2.24, 2.45) is 5.10 Å². The van der Waals surface area contributed by atoms with Crippen molar-refractivity contribution in [3.8, 4) is 5.75 Å². The lowest BCUT2D eigenvalue weighted by atomic mass is 10.2. The summed E-state index contributed by atoms with van der Waals surface area (Å²) in [6, 6.07) is 12.7. The van der Waals surface area contributed by atoms with Crippen LogP contribution in [0, 0.1) is 10.1 Å².